The molecule has 0 amide bonds. The molecule has 11 nitrogen and oxygen atoms in total. The Morgan fingerprint density at radius 1 is 1.00 bits per heavy atom. The molecule has 0 bridgehead atoms. The standard InChI is InChI=1S/C29H25F4N3O8S/c1-28(2,3)43-27(39)18-7-5-17(6-8-18)25-34-24(35-44-25)21-13-4-16(14-22(21)30)15-23(26(37)38)36-45(40,41)20-11-9-19(10-12-20)42-29(31,32)33/h4-14,23,36H,15H2,1-3H3,(H,37,38). The van der Waals surface area contributed by atoms with Crippen molar-refractivity contribution in [3.05, 3.63) is 83.7 Å². The van der Waals surface area contributed by atoms with Crippen LogP contribution in [0, 0.1) is 5.82 Å². The molecule has 0 saturated heterocycles. The molecule has 0 saturated carbocycles. The molecule has 0 radical (unpaired) electrons. The molecule has 4 aromatic rings. The predicted molar refractivity (Wildman–Crippen MR) is 149 cm³/mol. The largest absolute Gasteiger partial charge is 0.573 e. The molecule has 0 aliphatic heterocycles. The third kappa shape index (κ3) is 8.86. The predicted octanol–water partition coefficient (Wildman–Crippen LogP) is 5.37. The number of aliphatic carboxylic acids is 1. The van der Waals surface area contributed by atoms with Gasteiger partial charge in [-0.15, -0.1) is 13.2 Å². The monoisotopic (exact) mass is 651 g/mol. The number of nitrogens with one attached hydrogen (secondary N) is 1. The minimum atomic E-state index is -4.99. The first kappa shape index (κ1) is 33.1. The number of hydrogen-bond acceptors (Lipinski definition) is 9. The van der Waals surface area contributed by atoms with Crippen LogP contribution >= 0.6 is 0 Å². The number of ether oxygens (including phenoxy) is 2. The Balaban J connectivity index is 1.46. The van der Waals surface area contributed by atoms with Crippen LogP contribution in [-0.2, 0) is 26.0 Å². The van der Waals surface area contributed by atoms with Crippen molar-refractivity contribution in [3.63, 3.8) is 0 Å². The number of halogens is 4. The number of carbonyl (C=O) groups is 2. The molecule has 0 aliphatic carbocycles. The van der Waals surface area contributed by atoms with Gasteiger partial charge in [0.2, 0.25) is 15.8 Å². The highest BCUT2D eigenvalue weighted by Gasteiger charge is 2.32. The van der Waals surface area contributed by atoms with Gasteiger partial charge in [-0.05, 0) is 93.4 Å². The van der Waals surface area contributed by atoms with Crippen LogP contribution in [-0.4, -0.2) is 53.6 Å². The normalized spacial score (nSPS) is 12.9. The van der Waals surface area contributed by atoms with Crippen LogP contribution in [0.3, 0.4) is 0 Å². The maximum atomic E-state index is 15.1. The highest BCUT2D eigenvalue weighted by atomic mass is 32.2. The van der Waals surface area contributed by atoms with E-state index in [1.54, 1.807) is 32.9 Å². The van der Waals surface area contributed by atoms with Crippen molar-refractivity contribution in [2.45, 2.75) is 50.1 Å². The molecule has 0 spiro atoms. The van der Waals surface area contributed by atoms with E-state index in [1.165, 1.54) is 24.3 Å². The Labute approximate surface area is 253 Å². The van der Waals surface area contributed by atoms with Crippen molar-refractivity contribution < 1.29 is 54.7 Å². The van der Waals surface area contributed by atoms with E-state index in [1.807, 2.05) is 4.72 Å². The molecule has 1 unspecified atom stereocenters. The van der Waals surface area contributed by atoms with Gasteiger partial charge in [0.25, 0.3) is 5.89 Å². The second-order valence-electron chi connectivity index (χ2n) is 10.6. The minimum absolute atomic E-state index is 0.0302. The molecule has 3 aromatic carbocycles. The van der Waals surface area contributed by atoms with Crippen molar-refractivity contribution in [2.75, 3.05) is 0 Å². The van der Waals surface area contributed by atoms with Crippen molar-refractivity contribution in [3.8, 4) is 28.6 Å². The fourth-order valence-electron chi connectivity index (χ4n) is 3.89. The summed E-state index contributed by atoms with van der Waals surface area (Å²) < 4.78 is 93.8. The number of benzene rings is 3. The lowest BCUT2D eigenvalue weighted by Crippen LogP contribution is -2.42. The lowest BCUT2D eigenvalue weighted by atomic mass is 10.0. The molecule has 4 rings (SSSR count). The quantitative estimate of drug-likeness (QED) is 0.169. The van der Waals surface area contributed by atoms with Gasteiger partial charge >= 0.3 is 18.3 Å². The van der Waals surface area contributed by atoms with E-state index in [0.717, 1.165) is 30.3 Å². The molecule has 0 fully saturated rings. The number of carbonyl (C=O) groups excluding carboxylic acids is 1. The average Bonchev–Trinajstić information content (AvgIpc) is 3.41. The second-order valence-corrected chi connectivity index (χ2v) is 12.3. The summed E-state index contributed by atoms with van der Waals surface area (Å²) in [7, 11) is -4.51. The summed E-state index contributed by atoms with van der Waals surface area (Å²) in [6, 6.07) is 11.1. The van der Waals surface area contributed by atoms with Gasteiger partial charge in [-0.2, -0.15) is 9.71 Å². The van der Waals surface area contributed by atoms with E-state index in [-0.39, 0.29) is 22.8 Å². The van der Waals surface area contributed by atoms with Gasteiger partial charge in [-0.25, -0.2) is 17.6 Å². The molecule has 1 heterocycles. The number of carboxylic acids is 1. The Morgan fingerprint density at radius 3 is 2.20 bits per heavy atom. The van der Waals surface area contributed by atoms with Crippen LogP contribution in [0.5, 0.6) is 5.75 Å². The highest BCUT2D eigenvalue weighted by molar-refractivity contribution is 7.89. The van der Waals surface area contributed by atoms with Crippen LogP contribution in [0.15, 0.2) is 76.1 Å². The molecule has 1 atom stereocenters. The molecule has 0 aliphatic rings. The van der Waals surface area contributed by atoms with Gasteiger partial charge in [0, 0.05) is 5.56 Å². The van der Waals surface area contributed by atoms with Gasteiger partial charge in [0.05, 0.1) is 16.0 Å². The van der Waals surface area contributed by atoms with Crippen molar-refractivity contribution in [1.82, 2.24) is 14.9 Å². The summed E-state index contributed by atoms with van der Waals surface area (Å²) in [5.41, 5.74) is 0.0741. The molecular formula is C29H25F4N3O8S. The van der Waals surface area contributed by atoms with Gasteiger partial charge in [0.15, 0.2) is 0 Å². The number of aromatic nitrogens is 2. The number of esters is 1. The molecule has 16 heteroatoms. The summed E-state index contributed by atoms with van der Waals surface area (Å²) in [6.07, 6.45) is -5.47. The number of carboxylic acid groups (broad SMARTS) is 1. The van der Waals surface area contributed by atoms with Crippen LogP contribution in [0.4, 0.5) is 17.6 Å². The van der Waals surface area contributed by atoms with Crippen molar-refractivity contribution in [1.29, 1.82) is 0 Å². The third-order valence-corrected chi connectivity index (χ3v) is 7.36. The number of rotatable bonds is 10. The van der Waals surface area contributed by atoms with Crippen LogP contribution < -0.4 is 9.46 Å². The fourth-order valence-corrected chi connectivity index (χ4v) is 5.08. The zero-order valence-corrected chi connectivity index (χ0v) is 24.6. The van der Waals surface area contributed by atoms with Crippen molar-refractivity contribution >= 4 is 22.0 Å². The Hall–Kier alpha value is -4.83. The molecule has 1 aromatic heterocycles. The smallest absolute Gasteiger partial charge is 0.480 e. The fraction of sp³-hybridized carbons (Fsp3) is 0.241. The summed E-state index contributed by atoms with van der Waals surface area (Å²) in [4.78, 5) is 27.7. The summed E-state index contributed by atoms with van der Waals surface area (Å²) in [6.45, 7) is 5.22. The highest BCUT2D eigenvalue weighted by Crippen LogP contribution is 2.27. The second kappa shape index (κ2) is 12.6. The van der Waals surface area contributed by atoms with E-state index in [9.17, 15) is 36.3 Å². The molecule has 238 valence electrons. The first-order chi connectivity index (χ1) is 20.9. The van der Waals surface area contributed by atoms with Crippen LogP contribution in [0.2, 0.25) is 0 Å². The molecule has 2 N–H and O–H groups in total. The zero-order valence-electron chi connectivity index (χ0n) is 23.8. The first-order valence-electron chi connectivity index (χ1n) is 13.0. The number of alkyl halides is 3. The topological polar surface area (TPSA) is 158 Å². The third-order valence-electron chi connectivity index (χ3n) is 5.87. The van der Waals surface area contributed by atoms with Gasteiger partial charge < -0.3 is 19.1 Å². The summed E-state index contributed by atoms with van der Waals surface area (Å²) >= 11 is 0. The SMILES string of the molecule is CC(C)(C)OC(=O)c1ccc(-c2nc(-c3ccc(CC(NS(=O)(=O)c4ccc(OC(F)(F)F)cc4)C(=O)O)cc3F)no2)cc1. The summed E-state index contributed by atoms with van der Waals surface area (Å²) in [5.74, 6) is -3.72. The van der Waals surface area contributed by atoms with E-state index in [2.05, 4.69) is 14.9 Å². The molecular weight excluding hydrogens is 626 g/mol. The van der Waals surface area contributed by atoms with E-state index >= 15 is 4.39 Å². The number of hydrogen-bond donors (Lipinski definition) is 2. The van der Waals surface area contributed by atoms with E-state index in [0.29, 0.717) is 11.1 Å². The van der Waals surface area contributed by atoms with E-state index < -0.39 is 62.9 Å². The number of nitrogens with zero attached hydrogens (tertiary/aromatic N) is 2. The Morgan fingerprint density at radius 2 is 1.64 bits per heavy atom. The maximum Gasteiger partial charge on any atom is 0.573 e. The minimum Gasteiger partial charge on any atom is -0.480 e. The van der Waals surface area contributed by atoms with Crippen LogP contribution in [0.25, 0.3) is 22.8 Å². The zero-order chi connectivity index (χ0) is 33.2. The Kier molecular flexibility index (Phi) is 9.30. The lowest BCUT2D eigenvalue weighted by Gasteiger charge is -2.19. The average molecular weight is 652 g/mol. The van der Waals surface area contributed by atoms with Gasteiger partial charge in [0.1, 0.15) is 23.2 Å². The van der Waals surface area contributed by atoms with Gasteiger partial charge in [-0.3, -0.25) is 4.79 Å². The number of sulfonamides is 1. The Bertz CT molecular complexity index is 1800. The van der Waals surface area contributed by atoms with Gasteiger partial charge in [-0.1, -0.05) is 11.2 Å². The maximum absolute atomic E-state index is 15.1. The first-order valence-corrected chi connectivity index (χ1v) is 14.5. The lowest BCUT2D eigenvalue weighted by molar-refractivity contribution is -0.274. The molecule has 45 heavy (non-hydrogen) atoms. The summed E-state index contributed by atoms with van der Waals surface area (Å²) in [5, 5.41) is 13.4. The van der Waals surface area contributed by atoms with Crippen molar-refractivity contribution in [2.24, 2.45) is 0 Å². The van der Waals surface area contributed by atoms with E-state index in [4.69, 9.17) is 9.26 Å². The van der Waals surface area contributed by atoms with Crippen LogP contribution in [0.1, 0.15) is 36.7 Å².